The molecule has 5 nitrogen and oxygen atoms in total. The van der Waals surface area contributed by atoms with Crippen LogP contribution < -0.4 is 0 Å². The largest absolute Gasteiger partial charge is 0.472 e. The summed E-state index contributed by atoms with van der Waals surface area (Å²) in [7, 11) is 3.70. The monoisotopic (exact) mass is 295 g/mol. The maximum absolute atomic E-state index is 12.8. The van der Waals surface area contributed by atoms with Gasteiger partial charge in [-0.15, -0.1) is 0 Å². The second-order valence-electron chi connectivity index (χ2n) is 5.20. The van der Waals surface area contributed by atoms with Crippen LogP contribution in [-0.2, 0) is 13.6 Å². The zero-order chi connectivity index (χ0) is 15.5. The molecular formula is C17H17N3O2. The van der Waals surface area contributed by atoms with E-state index < -0.39 is 0 Å². The molecule has 0 unspecified atom stereocenters. The summed E-state index contributed by atoms with van der Waals surface area (Å²) in [6.07, 6.45) is 6.85. The van der Waals surface area contributed by atoms with Gasteiger partial charge in [-0.1, -0.05) is 18.2 Å². The van der Waals surface area contributed by atoms with Crippen molar-refractivity contribution in [3.8, 4) is 11.4 Å². The number of amides is 1. The minimum absolute atomic E-state index is 0.0419. The molecule has 5 heteroatoms. The summed E-state index contributed by atoms with van der Waals surface area (Å²) < 4.78 is 6.95. The molecule has 22 heavy (non-hydrogen) atoms. The fourth-order valence-electron chi connectivity index (χ4n) is 2.42. The highest BCUT2D eigenvalue weighted by Gasteiger charge is 2.18. The van der Waals surface area contributed by atoms with Gasteiger partial charge in [-0.3, -0.25) is 4.79 Å². The standard InChI is InChI=1S/C17H17N3O2/c1-19-9-8-18-16(19)14-5-3-4-6-15(14)17(21)20(2)11-13-7-10-22-12-13/h3-10,12H,11H2,1-2H3. The van der Waals surface area contributed by atoms with Crippen LogP contribution in [0, 0.1) is 0 Å². The van der Waals surface area contributed by atoms with Gasteiger partial charge in [-0.25, -0.2) is 4.98 Å². The maximum Gasteiger partial charge on any atom is 0.254 e. The van der Waals surface area contributed by atoms with Crippen molar-refractivity contribution in [3.63, 3.8) is 0 Å². The van der Waals surface area contributed by atoms with Gasteiger partial charge < -0.3 is 13.9 Å². The number of hydrogen-bond acceptors (Lipinski definition) is 3. The predicted octanol–water partition coefficient (Wildman–Crippen LogP) is 2.95. The van der Waals surface area contributed by atoms with Gasteiger partial charge in [-0.2, -0.15) is 0 Å². The van der Waals surface area contributed by atoms with Gasteiger partial charge in [0.15, 0.2) is 0 Å². The third-order valence-electron chi connectivity index (χ3n) is 3.57. The number of aryl methyl sites for hydroxylation is 1. The van der Waals surface area contributed by atoms with Crippen molar-refractivity contribution in [3.05, 3.63) is 66.4 Å². The number of aromatic nitrogens is 2. The minimum Gasteiger partial charge on any atom is -0.472 e. The molecule has 0 aliphatic heterocycles. The van der Waals surface area contributed by atoms with E-state index in [9.17, 15) is 4.79 Å². The molecule has 0 fully saturated rings. The van der Waals surface area contributed by atoms with Crippen molar-refractivity contribution in [1.82, 2.24) is 14.5 Å². The van der Waals surface area contributed by atoms with Crippen LogP contribution in [0.4, 0.5) is 0 Å². The first kappa shape index (κ1) is 14.1. The van der Waals surface area contributed by atoms with E-state index in [1.165, 1.54) is 0 Å². The number of rotatable bonds is 4. The van der Waals surface area contributed by atoms with Crippen LogP contribution in [0.2, 0.25) is 0 Å². The summed E-state index contributed by atoms with van der Waals surface area (Å²) in [5.41, 5.74) is 2.44. The van der Waals surface area contributed by atoms with Crippen molar-refractivity contribution >= 4 is 5.91 Å². The number of carbonyl (C=O) groups is 1. The van der Waals surface area contributed by atoms with E-state index >= 15 is 0 Å². The summed E-state index contributed by atoms with van der Waals surface area (Å²) in [4.78, 5) is 18.8. The van der Waals surface area contributed by atoms with E-state index in [0.29, 0.717) is 12.1 Å². The van der Waals surface area contributed by atoms with Gasteiger partial charge in [0, 0.05) is 44.2 Å². The summed E-state index contributed by atoms with van der Waals surface area (Å²) in [6.45, 7) is 0.504. The second kappa shape index (κ2) is 5.89. The Bertz CT molecular complexity index is 775. The average molecular weight is 295 g/mol. The fraction of sp³-hybridized carbons (Fsp3) is 0.176. The van der Waals surface area contributed by atoms with E-state index in [2.05, 4.69) is 4.98 Å². The average Bonchev–Trinajstić information content (AvgIpc) is 3.18. The molecule has 0 N–H and O–H groups in total. The molecule has 1 aromatic carbocycles. The smallest absolute Gasteiger partial charge is 0.254 e. The Labute approximate surface area is 128 Å². The molecule has 0 saturated heterocycles. The highest BCUT2D eigenvalue weighted by molar-refractivity contribution is 6.00. The zero-order valence-corrected chi connectivity index (χ0v) is 12.6. The number of imidazole rings is 1. The summed E-state index contributed by atoms with van der Waals surface area (Å²) >= 11 is 0. The van der Waals surface area contributed by atoms with E-state index in [1.807, 2.05) is 48.1 Å². The Kier molecular flexibility index (Phi) is 3.78. The highest BCUT2D eigenvalue weighted by Crippen LogP contribution is 2.23. The lowest BCUT2D eigenvalue weighted by Gasteiger charge is -2.18. The van der Waals surface area contributed by atoms with Crippen LogP contribution in [-0.4, -0.2) is 27.4 Å². The molecule has 2 heterocycles. The molecule has 2 aromatic heterocycles. The van der Waals surface area contributed by atoms with E-state index in [1.54, 1.807) is 30.7 Å². The predicted molar refractivity (Wildman–Crippen MR) is 83.1 cm³/mol. The van der Waals surface area contributed by atoms with Crippen molar-refractivity contribution < 1.29 is 9.21 Å². The molecule has 0 spiro atoms. The number of hydrogen-bond donors (Lipinski definition) is 0. The minimum atomic E-state index is -0.0419. The van der Waals surface area contributed by atoms with Crippen LogP contribution in [0.5, 0.6) is 0 Å². The van der Waals surface area contributed by atoms with Crippen molar-refractivity contribution in [2.45, 2.75) is 6.54 Å². The molecule has 0 atom stereocenters. The molecule has 0 saturated carbocycles. The number of nitrogens with zero attached hydrogens (tertiary/aromatic N) is 3. The Hall–Kier alpha value is -2.82. The Morgan fingerprint density at radius 1 is 1.32 bits per heavy atom. The van der Waals surface area contributed by atoms with Crippen LogP contribution >= 0.6 is 0 Å². The lowest BCUT2D eigenvalue weighted by Crippen LogP contribution is -2.26. The van der Waals surface area contributed by atoms with Gasteiger partial charge in [0.05, 0.1) is 18.1 Å². The Balaban J connectivity index is 1.91. The van der Waals surface area contributed by atoms with Crippen molar-refractivity contribution in [1.29, 1.82) is 0 Å². The van der Waals surface area contributed by atoms with Gasteiger partial charge in [0.2, 0.25) is 0 Å². The zero-order valence-electron chi connectivity index (χ0n) is 12.6. The highest BCUT2D eigenvalue weighted by atomic mass is 16.3. The number of benzene rings is 1. The van der Waals surface area contributed by atoms with Gasteiger partial charge >= 0.3 is 0 Å². The Morgan fingerprint density at radius 2 is 2.14 bits per heavy atom. The SMILES string of the molecule is CN(Cc1ccoc1)C(=O)c1ccccc1-c1nccn1C. The first-order valence-corrected chi connectivity index (χ1v) is 7.00. The quantitative estimate of drug-likeness (QED) is 0.743. The third kappa shape index (κ3) is 2.65. The molecule has 0 aliphatic rings. The molecule has 1 amide bonds. The van der Waals surface area contributed by atoms with Gasteiger partial charge in [0.25, 0.3) is 5.91 Å². The lowest BCUT2D eigenvalue weighted by molar-refractivity contribution is 0.0785. The Morgan fingerprint density at radius 3 is 2.82 bits per heavy atom. The molecule has 0 aliphatic carbocycles. The summed E-state index contributed by atoms with van der Waals surface area (Å²) in [6, 6.07) is 9.39. The van der Waals surface area contributed by atoms with Crippen molar-refractivity contribution in [2.24, 2.45) is 7.05 Å². The molecule has 112 valence electrons. The van der Waals surface area contributed by atoms with Crippen molar-refractivity contribution in [2.75, 3.05) is 7.05 Å². The first-order chi connectivity index (χ1) is 10.7. The normalized spacial score (nSPS) is 10.6. The topological polar surface area (TPSA) is 51.3 Å². The summed E-state index contributed by atoms with van der Waals surface area (Å²) in [5, 5.41) is 0. The van der Waals surface area contributed by atoms with E-state index in [0.717, 1.165) is 17.0 Å². The van der Waals surface area contributed by atoms with Crippen LogP contribution in [0.25, 0.3) is 11.4 Å². The number of furan rings is 1. The molecule has 3 rings (SSSR count). The summed E-state index contributed by atoms with van der Waals surface area (Å²) in [5.74, 6) is 0.737. The van der Waals surface area contributed by atoms with Crippen LogP contribution in [0.3, 0.4) is 0 Å². The first-order valence-electron chi connectivity index (χ1n) is 7.00. The molecule has 3 aromatic rings. The second-order valence-corrected chi connectivity index (χ2v) is 5.20. The number of carbonyl (C=O) groups excluding carboxylic acids is 1. The maximum atomic E-state index is 12.8. The van der Waals surface area contributed by atoms with E-state index in [-0.39, 0.29) is 5.91 Å². The molecule has 0 bridgehead atoms. The third-order valence-corrected chi connectivity index (χ3v) is 3.57. The molecule has 0 radical (unpaired) electrons. The van der Waals surface area contributed by atoms with Gasteiger partial charge in [0.1, 0.15) is 5.82 Å². The van der Waals surface area contributed by atoms with Crippen LogP contribution in [0.15, 0.2) is 59.7 Å². The molecular weight excluding hydrogens is 278 g/mol. The van der Waals surface area contributed by atoms with Gasteiger partial charge in [-0.05, 0) is 12.1 Å². The van der Waals surface area contributed by atoms with Crippen LogP contribution in [0.1, 0.15) is 15.9 Å². The lowest BCUT2D eigenvalue weighted by atomic mass is 10.1. The van der Waals surface area contributed by atoms with E-state index in [4.69, 9.17) is 4.42 Å². The fourth-order valence-corrected chi connectivity index (χ4v) is 2.42.